The summed E-state index contributed by atoms with van der Waals surface area (Å²) in [5.41, 5.74) is 7.41. The van der Waals surface area contributed by atoms with Crippen molar-refractivity contribution in [1.82, 2.24) is 9.88 Å². The molecule has 1 amide bonds. The van der Waals surface area contributed by atoms with Crippen LogP contribution in [0.15, 0.2) is 30.3 Å². The zero-order valence-electron chi connectivity index (χ0n) is 12.1. The van der Waals surface area contributed by atoms with Crippen LogP contribution in [0.3, 0.4) is 0 Å². The number of pyridine rings is 1. The molecule has 112 valence electrons. The van der Waals surface area contributed by atoms with Gasteiger partial charge in [-0.25, -0.2) is 4.98 Å². The Morgan fingerprint density at radius 3 is 2.90 bits per heavy atom. The van der Waals surface area contributed by atoms with Crippen LogP contribution in [0, 0.1) is 0 Å². The first kappa shape index (κ1) is 15.2. The zero-order valence-corrected chi connectivity index (χ0v) is 12.1. The summed E-state index contributed by atoms with van der Waals surface area (Å²) in [7, 11) is 3.10. The molecule has 0 bridgehead atoms. The SMILES string of the molecule is COCC(O)CN(C)C(=O)c1cc(N)c2ccccc2n1. The summed E-state index contributed by atoms with van der Waals surface area (Å²) in [5, 5.41) is 10.5. The molecule has 2 rings (SSSR count). The van der Waals surface area contributed by atoms with E-state index in [2.05, 4.69) is 4.98 Å². The Kier molecular flexibility index (Phi) is 4.72. The number of aromatic nitrogens is 1. The lowest BCUT2D eigenvalue weighted by molar-refractivity contribution is 0.0378. The first-order chi connectivity index (χ1) is 10.0. The number of carbonyl (C=O) groups is 1. The molecule has 6 nitrogen and oxygen atoms in total. The summed E-state index contributed by atoms with van der Waals surface area (Å²) in [6, 6.07) is 8.94. The van der Waals surface area contributed by atoms with Gasteiger partial charge in [-0.15, -0.1) is 0 Å². The van der Waals surface area contributed by atoms with Crippen LogP contribution in [0.1, 0.15) is 10.5 Å². The molecule has 1 aromatic carbocycles. The van der Waals surface area contributed by atoms with Crippen LogP contribution in [-0.2, 0) is 4.74 Å². The van der Waals surface area contributed by atoms with E-state index in [1.165, 1.54) is 12.0 Å². The number of aliphatic hydroxyl groups excluding tert-OH is 1. The predicted molar refractivity (Wildman–Crippen MR) is 81.0 cm³/mol. The smallest absolute Gasteiger partial charge is 0.272 e. The number of anilines is 1. The van der Waals surface area contributed by atoms with Crippen molar-refractivity contribution in [2.24, 2.45) is 0 Å². The van der Waals surface area contributed by atoms with Gasteiger partial charge in [0.2, 0.25) is 0 Å². The summed E-state index contributed by atoms with van der Waals surface area (Å²) in [5.74, 6) is -0.289. The molecule has 1 atom stereocenters. The van der Waals surface area contributed by atoms with Gasteiger partial charge in [-0.05, 0) is 12.1 Å². The highest BCUT2D eigenvalue weighted by molar-refractivity contribution is 5.99. The van der Waals surface area contributed by atoms with E-state index in [1.54, 1.807) is 13.1 Å². The van der Waals surface area contributed by atoms with Gasteiger partial charge in [0.1, 0.15) is 5.69 Å². The van der Waals surface area contributed by atoms with Crippen LogP contribution in [0.25, 0.3) is 10.9 Å². The third kappa shape index (κ3) is 3.48. The molecule has 3 N–H and O–H groups in total. The maximum Gasteiger partial charge on any atom is 0.272 e. The van der Waals surface area contributed by atoms with E-state index in [0.29, 0.717) is 11.2 Å². The number of ether oxygens (including phenoxy) is 1. The van der Waals surface area contributed by atoms with Crippen LogP contribution in [0.4, 0.5) is 5.69 Å². The average molecular weight is 289 g/mol. The van der Waals surface area contributed by atoms with Gasteiger partial charge in [0.05, 0.1) is 18.2 Å². The molecule has 0 aliphatic heterocycles. The highest BCUT2D eigenvalue weighted by atomic mass is 16.5. The van der Waals surface area contributed by atoms with E-state index in [4.69, 9.17) is 10.5 Å². The Balaban J connectivity index is 2.23. The Morgan fingerprint density at radius 2 is 2.19 bits per heavy atom. The lowest BCUT2D eigenvalue weighted by atomic mass is 10.1. The number of nitrogens with zero attached hydrogens (tertiary/aromatic N) is 2. The molecule has 1 aromatic heterocycles. The van der Waals surface area contributed by atoms with Crippen LogP contribution >= 0.6 is 0 Å². The first-order valence-corrected chi connectivity index (χ1v) is 6.60. The summed E-state index contributed by atoms with van der Waals surface area (Å²) >= 11 is 0. The number of rotatable bonds is 5. The number of para-hydroxylation sites is 1. The molecule has 0 aliphatic carbocycles. The molecule has 0 saturated carbocycles. The highest BCUT2D eigenvalue weighted by Crippen LogP contribution is 2.20. The molecule has 2 aromatic rings. The van der Waals surface area contributed by atoms with E-state index in [1.807, 2.05) is 24.3 Å². The van der Waals surface area contributed by atoms with Gasteiger partial charge in [0.15, 0.2) is 0 Å². The van der Waals surface area contributed by atoms with Crippen molar-refractivity contribution in [2.45, 2.75) is 6.10 Å². The van der Waals surface area contributed by atoms with Crippen molar-refractivity contribution in [3.8, 4) is 0 Å². The van der Waals surface area contributed by atoms with Crippen molar-refractivity contribution in [2.75, 3.05) is 33.0 Å². The van der Waals surface area contributed by atoms with Gasteiger partial charge in [-0.3, -0.25) is 4.79 Å². The average Bonchev–Trinajstić information content (AvgIpc) is 2.46. The van der Waals surface area contributed by atoms with E-state index in [-0.39, 0.29) is 24.8 Å². The topological polar surface area (TPSA) is 88.7 Å². The predicted octanol–water partition coefficient (Wildman–Crippen LogP) is 0.896. The van der Waals surface area contributed by atoms with Crippen molar-refractivity contribution in [3.63, 3.8) is 0 Å². The molecule has 6 heteroatoms. The van der Waals surface area contributed by atoms with Crippen molar-refractivity contribution < 1.29 is 14.6 Å². The number of benzene rings is 1. The standard InChI is InChI=1S/C15H19N3O3/c1-18(8-10(19)9-21-2)15(20)14-7-12(16)11-5-3-4-6-13(11)17-14/h3-7,10,19H,8-9H2,1-2H3,(H2,16,17). The largest absolute Gasteiger partial charge is 0.398 e. The minimum Gasteiger partial charge on any atom is -0.398 e. The maximum atomic E-state index is 12.3. The van der Waals surface area contributed by atoms with Crippen LogP contribution in [0.2, 0.25) is 0 Å². The van der Waals surface area contributed by atoms with Gasteiger partial charge >= 0.3 is 0 Å². The van der Waals surface area contributed by atoms with E-state index >= 15 is 0 Å². The van der Waals surface area contributed by atoms with Crippen molar-refractivity contribution >= 4 is 22.5 Å². The van der Waals surface area contributed by atoms with E-state index in [9.17, 15) is 9.90 Å². The number of hydrogen-bond donors (Lipinski definition) is 2. The Morgan fingerprint density at radius 1 is 1.48 bits per heavy atom. The lowest BCUT2D eigenvalue weighted by Gasteiger charge is -2.20. The number of amides is 1. The third-order valence-corrected chi connectivity index (χ3v) is 3.16. The Hall–Kier alpha value is -2.18. The second-order valence-corrected chi connectivity index (χ2v) is 4.91. The van der Waals surface area contributed by atoms with Gasteiger partial charge in [0, 0.05) is 31.8 Å². The summed E-state index contributed by atoms with van der Waals surface area (Å²) < 4.78 is 4.84. The van der Waals surface area contributed by atoms with E-state index < -0.39 is 6.10 Å². The number of methoxy groups -OCH3 is 1. The number of nitrogen functional groups attached to an aromatic ring is 1. The fourth-order valence-electron chi connectivity index (χ4n) is 2.15. The molecule has 0 fully saturated rings. The second kappa shape index (κ2) is 6.51. The second-order valence-electron chi connectivity index (χ2n) is 4.91. The molecule has 21 heavy (non-hydrogen) atoms. The minimum absolute atomic E-state index is 0.168. The number of likely N-dealkylation sites (N-methyl/N-ethyl adjacent to an activating group) is 1. The zero-order chi connectivity index (χ0) is 15.4. The summed E-state index contributed by atoms with van der Waals surface area (Å²) in [4.78, 5) is 18.1. The Bertz CT molecular complexity index is 645. The van der Waals surface area contributed by atoms with Crippen LogP contribution in [0.5, 0.6) is 0 Å². The van der Waals surface area contributed by atoms with Crippen molar-refractivity contribution in [1.29, 1.82) is 0 Å². The monoisotopic (exact) mass is 289 g/mol. The molecule has 0 spiro atoms. The normalized spacial score (nSPS) is 12.3. The number of hydrogen-bond acceptors (Lipinski definition) is 5. The highest BCUT2D eigenvalue weighted by Gasteiger charge is 2.18. The third-order valence-electron chi connectivity index (χ3n) is 3.16. The molecular formula is C15H19N3O3. The number of aliphatic hydroxyl groups is 1. The lowest BCUT2D eigenvalue weighted by Crippen LogP contribution is -2.36. The van der Waals surface area contributed by atoms with Gasteiger partial charge in [-0.1, -0.05) is 18.2 Å². The Labute approximate surface area is 123 Å². The molecular weight excluding hydrogens is 270 g/mol. The molecule has 0 aliphatic rings. The fraction of sp³-hybridized carbons (Fsp3) is 0.333. The summed E-state index contributed by atoms with van der Waals surface area (Å²) in [6.07, 6.45) is -0.734. The van der Waals surface area contributed by atoms with Crippen LogP contribution < -0.4 is 5.73 Å². The van der Waals surface area contributed by atoms with Crippen molar-refractivity contribution in [3.05, 3.63) is 36.0 Å². The molecule has 0 radical (unpaired) electrons. The summed E-state index contributed by atoms with van der Waals surface area (Å²) in [6.45, 7) is 0.339. The number of fused-ring (bicyclic) bond motifs is 1. The van der Waals surface area contributed by atoms with Gasteiger partial charge in [-0.2, -0.15) is 0 Å². The number of nitrogens with two attached hydrogens (primary N) is 1. The molecule has 0 saturated heterocycles. The maximum absolute atomic E-state index is 12.3. The van der Waals surface area contributed by atoms with Crippen LogP contribution in [-0.4, -0.2) is 54.3 Å². The fourth-order valence-corrected chi connectivity index (χ4v) is 2.15. The van der Waals surface area contributed by atoms with Gasteiger partial charge in [0.25, 0.3) is 5.91 Å². The molecule has 1 heterocycles. The quantitative estimate of drug-likeness (QED) is 0.853. The minimum atomic E-state index is -0.734. The van der Waals surface area contributed by atoms with E-state index in [0.717, 1.165) is 5.39 Å². The number of carbonyl (C=O) groups excluding carboxylic acids is 1. The van der Waals surface area contributed by atoms with Gasteiger partial charge < -0.3 is 20.5 Å². The first-order valence-electron chi connectivity index (χ1n) is 6.60. The molecule has 1 unspecified atom stereocenters.